The van der Waals surface area contributed by atoms with E-state index in [9.17, 15) is 5.26 Å². The number of nitriles is 1. The van der Waals surface area contributed by atoms with E-state index in [1.54, 1.807) is 6.20 Å². The summed E-state index contributed by atoms with van der Waals surface area (Å²) in [5, 5.41) is 17.0. The van der Waals surface area contributed by atoms with Crippen LogP contribution in [0.25, 0.3) is 10.9 Å². The highest BCUT2D eigenvalue weighted by Crippen LogP contribution is 2.25. The standard InChI is InChI=1S/C16H16N4/c17-9-13-11-19-15-4-2-1-3-14(15)16(13)20-10-12-5-7-18-8-6-12/h1-5,11,18H,6-8,10H2,(H,19,20). The van der Waals surface area contributed by atoms with Crippen LogP contribution >= 0.6 is 0 Å². The van der Waals surface area contributed by atoms with Crippen LogP contribution in [0.5, 0.6) is 0 Å². The van der Waals surface area contributed by atoms with E-state index in [4.69, 9.17) is 0 Å². The van der Waals surface area contributed by atoms with Crippen molar-refractivity contribution in [1.82, 2.24) is 10.3 Å². The van der Waals surface area contributed by atoms with Gasteiger partial charge in [0.25, 0.3) is 0 Å². The van der Waals surface area contributed by atoms with Gasteiger partial charge >= 0.3 is 0 Å². The van der Waals surface area contributed by atoms with Crippen LogP contribution in [0.4, 0.5) is 5.69 Å². The van der Waals surface area contributed by atoms with Gasteiger partial charge < -0.3 is 10.6 Å². The van der Waals surface area contributed by atoms with Gasteiger partial charge in [-0.1, -0.05) is 29.8 Å². The van der Waals surface area contributed by atoms with Crippen LogP contribution in [0.15, 0.2) is 42.1 Å². The normalized spacial score (nSPS) is 14.7. The number of anilines is 1. The highest BCUT2D eigenvalue weighted by Gasteiger charge is 2.09. The molecule has 20 heavy (non-hydrogen) atoms. The fourth-order valence-electron chi connectivity index (χ4n) is 2.45. The molecular formula is C16H16N4. The van der Waals surface area contributed by atoms with Gasteiger partial charge in [0, 0.05) is 24.7 Å². The van der Waals surface area contributed by atoms with E-state index in [1.165, 1.54) is 5.57 Å². The molecule has 1 aliphatic heterocycles. The summed E-state index contributed by atoms with van der Waals surface area (Å²) in [4.78, 5) is 4.32. The molecule has 0 fully saturated rings. The highest BCUT2D eigenvalue weighted by atomic mass is 14.9. The maximum absolute atomic E-state index is 9.26. The molecule has 2 N–H and O–H groups in total. The SMILES string of the molecule is N#Cc1cnc2ccccc2c1NCC1=CCNCC1. The molecule has 2 heterocycles. The van der Waals surface area contributed by atoms with E-state index in [-0.39, 0.29) is 0 Å². The molecule has 3 rings (SSSR count). The number of benzene rings is 1. The molecule has 1 aromatic carbocycles. The molecule has 0 aliphatic carbocycles. The van der Waals surface area contributed by atoms with Gasteiger partial charge in [-0.05, 0) is 19.0 Å². The second-order valence-electron chi connectivity index (χ2n) is 4.85. The Kier molecular flexibility index (Phi) is 3.62. The van der Waals surface area contributed by atoms with Crippen LogP contribution < -0.4 is 10.6 Å². The molecular weight excluding hydrogens is 248 g/mol. The minimum Gasteiger partial charge on any atom is -0.380 e. The summed E-state index contributed by atoms with van der Waals surface area (Å²) in [6, 6.07) is 10.1. The summed E-state index contributed by atoms with van der Waals surface area (Å²) in [7, 11) is 0. The van der Waals surface area contributed by atoms with E-state index in [0.29, 0.717) is 5.56 Å². The molecule has 0 spiro atoms. The van der Waals surface area contributed by atoms with Crippen molar-refractivity contribution in [2.24, 2.45) is 0 Å². The lowest BCUT2D eigenvalue weighted by molar-refractivity contribution is 0.698. The van der Waals surface area contributed by atoms with Gasteiger partial charge in [0.1, 0.15) is 6.07 Å². The number of hydrogen-bond acceptors (Lipinski definition) is 4. The summed E-state index contributed by atoms with van der Waals surface area (Å²) in [5.74, 6) is 0. The Bertz CT molecular complexity index is 697. The first-order chi connectivity index (χ1) is 9.88. The van der Waals surface area contributed by atoms with Crippen LogP contribution in [0, 0.1) is 11.3 Å². The highest BCUT2D eigenvalue weighted by molar-refractivity contribution is 5.93. The third-order valence-corrected chi connectivity index (χ3v) is 3.55. The van der Waals surface area contributed by atoms with Crippen LogP contribution in [0.1, 0.15) is 12.0 Å². The van der Waals surface area contributed by atoms with Crippen molar-refractivity contribution in [1.29, 1.82) is 5.26 Å². The zero-order valence-corrected chi connectivity index (χ0v) is 11.2. The number of rotatable bonds is 3. The van der Waals surface area contributed by atoms with Crippen molar-refractivity contribution >= 4 is 16.6 Å². The largest absolute Gasteiger partial charge is 0.380 e. The average Bonchev–Trinajstić information content (AvgIpc) is 2.53. The number of pyridine rings is 1. The maximum atomic E-state index is 9.26. The molecule has 0 unspecified atom stereocenters. The minimum absolute atomic E-state index is 0.596. The minimum atomic E-state index is 0.596. The maximum Gasteiger partial charge on any atom is 0.103 e. The van der Waals surface area contributed by atoms with E-state index < -0.39 is 0 Å². The molecule has 0 saturated carbocycles. The molecule has 0 saturated heterocycles. The Labute approximate surface area is 118 Å². The van der Waals surface area contributed by atoms with Gasteiger partial charge in [-0.3, -0.25) is 4.98 Å². The second-order valence-corrected chi connectivity index (χ2v) is 4.85. The van der Waals surface area contributed by atoms with Gasteiger partial charge in [-0.25, -0.2) is 0 Å². The summed E-state index contributed by atoms with van der Waals surface area (Å²) in [5.41, 5.74) is 3.78. The average molecular weight is 264 g/mol. The smallest absolute Gasteiger partial charge is 0.103 e. The molecule has 0 atom stereocenters. The molecule has 1 aromatic heterocycles. The monoisotopic (exact) mass is 264 g/mol. The quantitative estimate of drug-likeness (QED) is 0.836. The topological polar surface area (TPSA) is 60.7 Å². The number of nitrogens with one attached hydrogen (secondary N) is 2. The lowest BCUT2D eigenvalue weighted by Gasteiger charge is -2.16. The van der Waals surface area contributed by atoms with Crippen LogP contribution in [0.3, 0.4) is 0 Å². The predicted molar refractivity (Wildman–Crippen MR) is 80.5 cm³/mol. The third-order valence-electron chi connectivity index (χ3n) is 3.55. The molecule has 0 bridgehead atoms. The number of fused-ring (bicyclic) bond motifs is 1. The third kappa shape index (κ3) is 2.49. The van der Waals surface area contributed by atoms with Crippen molar-refractivity contribution in [3.05, 3.63) is 47.7 Å². The molecule has 0 radical (unpaired) electrons. The van der Waals surface area contributed by atoms with E-state index in [2.05, 4.69) is 27.8 Å². The first-order valence-corrected chi connectivity index (χ1v) is 6.79. The predicted octanol–water partition coefficient (Wildman–Crippen LogP) is 2.44. The van der Waals surface area contributed by atoms with Crippen LogP contribution in [-0.2, 0) is 0 Å². The van der Waals surface area contributed by atoms with E-state index in [1.807, 2.05) is 24.3 Å². The number of nitrogens with zero attached hydrogens (tertiary/aromatic N) is 2. The Morgan fingerprint density at radius 2 is 2.25 bits per heavy atom. The lowest BCUT2D eigenvalue weighted by atomic mass is 10.1. The van der Waals surface area contributed by atoms with E-state index >= 15 is 0 Å². The Morgan fingerprint density at radius 3 is 3.05 bits per heavy atom. The molecule has 4 nitrogen and oxygen atoms in total. The van der Waals surface area contributed by atoms with Crippen molar-refractivity contribution in [3.8, 4) is 6.07 Å². The molecule has 4 heteroatoms. The van der Waals surface area contributed by atoms with Gasteiger partial charge in [0.15, 0.2) is 0 Å². The molecule has 0 amide bonds. The van der Waals surface area contributed by atoms with E-state index in [0.717, 1.165) is 42.6 Å². The van der Waals surface area contributed by atoms with Gasteiger partial charge in [-0.15, -0.1) is 0 Å². The Hall–Kier alpha value is -2.38. The zero-order chi connectivity index (χ0) is 13.8. The number of para-hydroxylation sites is 1. The summed E-state index contributed by atoms with van der Waals surface area (Å²) >= 11 is 0. The van der Waals surface area contributed by atoms with Crippen molar-refractivity contribution in [2.45, 2.75) is 6.42 Å². The van der Waals surface area contributed by atoms with Crippen molar-refractivity contribution in [3.63, 3.8) is 0 Å². The van der Waals surface area contributed by atoms with Crippen molar-refractivity contribution in [2.75, 3.05) is 25.0 Å². The van der Waals surface area contributed by atoms with Gasteiger partial charge in [0.05, 0.1) is 16.8 Å². The first kappa shape index (κ1) is 12.6. The van der Waals surface area contributed by atoms with Crippen LogP contribution in [0.2, 0.25) is 0 Å². The summed E-state index contributed by atoms with van der Waals surface area (Å²) in [6.07, 6.45) is 4.91. The summed E-state index contributed by atoms with van der Waals surface area (Å²) < 4.78 is 0. The molecule has 1 aliphatic rings. The molecule has 2 aromatic rings. The fraction of sp³-hybridized carbons (Fsp3) is 0.250. The molecule has 100 valence electrons. The van der Waals surface area contributed by atoms with Crippen molar-refractivity contribution < 1.29 is 0 Å². The van der Waals surface area contributed by atoms with Gasteiger partial charge in [0.2, 0.25) is 0 Å². The van der Waals surface area contributed by atoms with Crippen LogP contribution in [-0.4, -0.2) is 24.6 Å². The zero-order valence-electron chi connectivity index (χ0n) is 11.2. The number of aromatic nitrogens is 1. The van der Waals surface area contributed by atoms with Gasteiger partial charge in [-0.2, -0.15) is 5.26 Å². The first-order valence-electron chi connectivity index (χ1n) is 6.79. The summed E-state index contributed by atoms with van der Waals surface area (Å²) in [6.45, 7) is 2.74. The second kappa shape index (κ2) is 5.72. The Morgan fingerprint density at radius 1 is 1.35 bits per heavy atom. The fourth-order valence-corrected chi connectivity index (χ4v) is 2.45. The lowest BCUT2D eigenvalue weighted by Crippen LogP contribution is -2.23. The number of hydrogen-bond donors (Lipinski definition) is 2. The Balaban J connectivity index is 1.93.